The van der Waals surface area contributed by atoms with Crippen LogP contribution in [0.25, 0.3) is 0 Å². The molecular formula is C16H22F6O2. The molecule has 0 aromatic heterocycles. The summed E-state index contributed by atoms with van der Waals surface area (Å²) in [5.41, 5.74) is -4.86. The number of fused-ring (bicyclic) bond motifs is 5. The van der Waals surface area contributed by atoms with Gasteiger partial charge in [-0.1, -0.05) is 13.8 Å². The molecule has 0 aromatic carbocycles. The fraction of sp³-hybridized carbons (Fsp3) is 1.00. The first-order chi connectivity index (χ1) is 10.8. The Kier molecular flexibility index (Phi) is 4.00. The fourth-order valence-electron chi connectivity index (χ4n) is 5.96. The Labute approximate surface area is 136 Å². The maximum atomic E-state index is 13.1. The van der Waals surface area contributed by atoms with Crippen molar-refractivity contribution >= 4 is 0 Å². The quantitative estimate of drug-likeness (QED) is 0.699. The molecule has 0 saturated heterocycles. The molecule has 8 heteroatoms. The van der Waals surface area contributed by atoms with Crippen molar-refractivity contribution in [1.29, 1.82) is 0 Å². The maximum absolute atomic E-state index is 13.1. The summed E-state index contributed by atoms with van der Waals surface area (Å²) in [6, 6.07) is 0. The summed E-state index contributed by atoms with van der Waals surface area (Å²) in [5, 5.41) is 20.1. The minimum Gasteiger partial charge on any atom is -0.392 e. The van der Waals surface area contributed by atoms with Crippen LogP contribution in [-0.4, -0.2) is 34.3 Å². The lowest BCUT2D eigenvalue weighted by Crippen LogP contribution is -2.66. The summed E-state index contributed by atoms with van der Waals surface area (Å²) >= 11 is 0. The second-order valence-electron chi connectivity index (χ2n) is 7.96. The van der Waals surface area contributed by atoms with Crippen LogP contribution in [0.15, 0.2) is 0 Å². The highest BCUT2D eigenvalue weighted by atomic mass is 19.4. The van der Waals surface area contributed by atoms with E-state index in [1.165, 1.54) is 0 Å². The Morgan fingerprint density at radius 1 is 0.792 bits per heavy atom. The normalized spacial score (nSPS) is 46.2. The largest absolute Gasteiger partial charge is 0.426 e. The van der Waals surface area contributed by atoms with E-state index >= 15 is 0 Å². The van der Waals surface area contributed by atoms with Crippen LogP contribution in [0.3, 0.4) is 0 Å². The molecule has 2 nitrogen and oxygen atoms in total. The maximum Gasteiger partial charge on any atom is 0.426 e. The van der Waals surface area contributed by atoms with Crippen LogP contribution in [0.2, 0.25) is 0 Å². The van der Waals surface area contributed by atoms with Crippen LogP contribution in [0.4, 0.5) is 26.3 Å². The van der Waals surface area contributed by atoms with Crippen molar-refractivity contribution in [3.8, 4) is 0 Å². The second kappa shape index (κ2) is 5.25. The van der Waals surface area contributed by atoms with Gasteiger partial charge in [0, 0.05) is 5.92 Å². The lowest BCUT2D eigenvalue weighted by Gasteiger charge is -2.51. The lowest BCUT2D eigenvalue weighted by atomic mass is 9.58. The van der Waals surface area contributed by atoms with Gasteiger partial charge in [-0.25, -0.2) is 0 Å². The molecule has 3 aliphatic carbocycles. The highest BCUT2D eigenvalue weighted by molar-refractivity contribution is 5.12. The third-order valence-corrected chi connectivity index (χ3v) is 7.28. The average molecular weight is 360 g/mol. The summed E-state index contributed by atoms with van der Waals surface area (Å²) in [6.07, 6.45) is -13.1. The van der Waals surface area contributed by atoms with Gasteiger partial charge in [-0.15, -0.1) is 0 Å². The molecule has 0 aliphatic heterocycles. The zero-order valence-electron chi connectivity index (χ0n) is 13.4. The zero-order valence-corrected chi connectivity index (χ0v) is 13.4. The molecular weight excluding hydrogens is 338 g/mol. The van der Waals surface area contributed by atoms with Crippen LogP contribution >= 0.6 is 0 Å². The van der Waals surface area contributed by atoms with E-state index in [-0.39, 0.29) is 30.1 Å². The molecule has 3 saturated carbocycles. The Morgan fingerprint density at radius 3 is 1.79 bits per heavy atom. The number of hydrogen-bond donors (Lipinski definition) is 2. The molecule has 2 bridgehead atoms. The van der Waals surface area contributed by atoms with E-state index in [0.29, 0.717) is 5.92 Å². The third kappa shape index (κ3) is 2.17. The summed E-state index contributed by atoms with van der Waals surface area (Å²) < 4.78 is 78.9. The molecule has 0 aromatic rings. The van der Waals surface area contributed by atoms with E-state index in [0.717, 1.165) is 6.42 Å². The van der Waals surface area contributed by atoms with E-state index < -0.39 is 42.3 Å². The number of aliphatic hydroxyl groups is 2. The van der Waals surface area contributed by atoms with E-state index in [2.05, 4.69) is 6.92 Å². The molecule has 3 aliphatic rings. The first kappa shape index (κ1) is 18.3. The standard InChI is InChI=1S/C16H22F6O2/c1-6-7(2)10-5-9(6)8-3-4-11(13(23)12(8)10)14(24,15(17,18)19)16(20,21)22/h6-13,23-24H,3-5H2,1-2H3. The van der Waals surface area contributed by atoms with E-state index in [1.807, 2.05) is 6.92 Å². The Morgan fingerprint density at radius 2 is 1.29 bits per heavy atom. The first-order valence-electron chi connectivity index (χ1n) is 8.36. The number of halogens is 6. The van der Waals surface area contributed by atoms with Gasteiger partial charge in [0.1, 0.15) is 0 Å². The lowest BCUT2D eigenvalue weighted by molar-refractivity contribution is -0.396. The SMILES string of the molecule is CC1C(C)C2CC1C1CCC(C(O)(C(F)(F)F)C(F)(F)F)C(O)C21. The van der Waals surface area contributed by atoms with Crippen molar-refractivity contribution in [3.05, 3.63) is 0 Å². The highest BCUT2D eigenvalue weighted by Crippen LogP contribution is 2.65. The van der Waals surface area contributed by atoms with Gasteiger partial charge in [-0.05, 0) is 54.8 Å². The monoisotopic (exact) mass is 360 g/mol. The topological polar surface area (TPSA) is 40.5 Å². The molecule has 0 heterocycles. The van der Waals surface area contributed by atoms with Crippen LogP contribution in [-0.2, 0) is 0 Å². The van der Waals surface area contributed by atoms with Crippen molar-refractivity contribution in [1.82, 2.24) is 0 Å². The van der Waals surface area contributed by atoms with Gasteiger partial charge >= 0.3 is 12.4 Å². The predicted octanol–water partition coefficient (Wildman–Crippen LogP) is 3.77. The molecule has 0 radical (unpaired) electrons. The molecule has 24 heavy (non-hydrogen) atoms. The van der Waals surface area contributed by atoms with Crippen LogP contribution in [0.1, 0.15) is 33.1 Å². The number of rotatable bonds is 1. The minimum absolute atomic E-state index is 0.0434. The molecule has 140 valence electrons. The van der Waals surface area contributed by atoms with Crippen molar-refractivity contribution in [2.45, 2.75) is 57.2 Å². The molecule has 8 unspecified atom stereocenters. The molecule has 0 spiro atoms. The van der Waals surface area contributed by atoms with Gasteiger partial charge in [0.15, 0.2) is 0 Å². The third-order valence-electron chi connectivity index (χ3n) is 7.28. The van der Waals surface area contributed by atoms with Crippen molar-refractivity contribution in [3.63, 3.8) is 0 Å². The fourth-order valence-corrected chi connectivity index (χ4v) is 5.96. The van der Waals surface area contributed by atoms with E-state index in [9.17, 15) is 36.6 Å². The Balaban J connectivity index is 1.95. The molecule has 0 amide bonds. The summed E-state index contributed by atoms with van der Waals surface area (Å²) in [4.78, 5) is 0. The molecule has 8 atom stereocenters. The predicted molar refractivity (Wildman–Crippen MR) is 72.7 cm³/mol. The summed E-state index contributed by atoms with van der Waals surface area (Å²) in [6.45, 7) is 4.01. The molecule has 2 N–H and O–H groups in total. The first-order valence-corrected chi connectivity index (χ1v) is 8.36. The Hall–Kier alpha value is -0.500. The number of alkyl halides is 6. The van der Waals surface area contributed by atoms with Gasteiger partial charge in [0.2, 0.25) is 0 Å². The zero-order chi connectivity index (χ0) is 18.2. The van der Waals surface area contributed by atoms with Gasteiger partial charge in [-0.3, -0.25) is 0 Å². The summed E-state index contributed by atoms with van der Waals surface area (Å²) in [5.74, 6) is -2.19. The second-order valence-corrected chi connectivity index (χ2v) is 7.96. The van der Waals surface area contributed by atoms with Crippen molar-refractivity contribution < 1.29 is 36.6 Å². The number of aliphatic hydroxyl groups excluding tert-OH is 1. The highest BCUT2D eigenvalue weighted by Gasteiger charge is 2.76. The minimum atomic E-state index is -5.87. The average Bonchev–Trinajstić information content (AvgIpc) is 2.94. The van der Waals surface area contributed by atoms with E-state index in [1.54, 1.807) is 0 Å². The van der Waals surface area contributed by atoms with Gasteiger partial charge in [0.05, 0.1) is 6.10 Å². The van der Waals surface area contributed by atoms with Crippen molar-refractivity contribution in [2.24, 2.45) is 41.4 Å². The number of hydrogen-bond acceptors (Lipinski definition) is 2. The summed E-state index contributed by atoms with van der Waals surface area (Å²) in [7, 11) is 0. The van der Waals surface area contributed by atoms with Crippen LogP contribution < -0.4 is 0 Å². The smallest absolute Gasteiger partial charge is 0.392 e. The van der Waals surface area contributed by atoms with Gasteiger partial charge in [-0.2, -0.15) is 26.3 Å². The molecule has 3 fully saturated rings. The Bertz CT molecular complexity index is 486. The van der Waals surface area contributed by atoms with Crippen LogP contribution in [0.5, 0.6) is 0 Å². The van der Waals surface area contributed by atoms with Gasteiger partial charge < -0.3 is 10.2 Å². The van der Waals surface area contributed by atoms with Crippen molar-refractivity contribution in [2.75, 3.05) is 0 Å². The molecule has 3 rings (SSSR count). The van der Waals surface area contributed by atoms with E-state index in [4.69, 9.17) is 0 Å². The van der Waals surface area contributed by atoms with Crippen LogP contribution in [0, 0.1) is 41.4 Å². The van der Waals surface area contributed by atoms with Gasteiger partial charge in [0.25, 0.3) is 5.60 Å².